The largest absolute Gasteiger partial charge is 0.490 e. The van der Waals surface area contributed by atoms with Crippen LogP contribution in [0, 0.1) is 15.9 Å². The second kappa shape index (κ2) is 11.4. The maximum absolute atomic E-state index is 13.1. The van der Waals surface area contributed by atoms with Gasteiger partial charge in [-0.05, 0) is 84.4 Å². The summed E-state index contributed by atoms with van der Waals surface area (Å²) in [6, 6.07) is 15.3. The molecule has 0 aliphatic carbocycles. The Balaban J connectivity index is 1.53. The van der Waals surface area contributed by atoms with Crippen molar-refractivity contribution >= 4 is 56.2 Å². The molecule has 3 aromatic rings. The van der Waals surface area contributed by atoms with Crippen LogP contribution in [0.2, 0.25) is 0 Å². The average Bonchev–Trinajstić information content (AvgIpc) is 3.20. The van der Waals surface area contributed by atoms with Crippen molar-refractivity contribution in [1.29, 1.82) is 0 Å². The van der Waals surface area contributed by atoms with Gasteiger partial charge in [0.25, 0.3) is 11.6 Å². The van der Waals surface area contributed by atoms with Gasteiger partial charge in [0.2, 0.25) is 0 Å². The van der Waals surface area contributed by atoms with E-state index in [0.717, 1.165) is 5.56 Å². The first-order chi connectivity index (χ1) is 17.3. The maximum atomic E-state index is 13.1. The van der Waals surface area contributed by atoms with Crippen molar-refractivity contribution in [2.75, 3.05) is 6.61 Å². The lowest BCUT2D eigenvalue weighted by Gasteiger charge is -2.14. The Kier molecular flexibility index (Phi) is 8.01. The number of amidine groups is 1. The summed E-state index contributed by atoms with van der Waals surface area (Å²) in [7, 11) is 0. The quantitative estimate of drug-likeness (QED) is 0.191. The van der Waals surface area contributed by atoms with Crippen LogP contribution < -0.4 is 14.8 Å². The fraction of sp³-hybridized carbons (Fsp3) is 0.120. The standard InChI is InChI=1S/C25H19BrFN3O5S/c1-2-34-21-11-16(12-23-24(31)29-25(36-23)28-18-7-5-17(27)6-8-18)20(26)13-22(21)35-14-15-3-9-19(10-4-15)30(32)33/h3-13H,2,14H2,1H3,(H,28,29,31)/b23-12+. The molecule has 36 heavy (non-hydrogen) atoms. The highest BCUT2D eigenvalue weighted by molar-refractivity contribution is 9.10. The van der Waals surface area contributed by atoms with Crippen LogP contribution in [-0.4, -0.2) is 22.6 Å². The van der Waals surface area contributed by atoms with Crippen molar-refractivity contribution in [2.45, 2.75) is 13.5 Å². The van der Waals surface area contributed by atoms with E-state index in [1.54, 1.807) is 30.3 Å². The minimum Gasteiger partial charge on any atom is -0.490 e. The number of nitrogens with one attached hydrogen (secondary N) is 1. The number of non-ortho nitro benzene ring substituents is 1. The molecule has 0 saturated carbocycles. The Morgan fingerprint density at radius 3 is 2.47 bits per heavy atom. The van der Waals surface area contributed by atoms with E-state index in [-0.39, 0.29) is 24.0 Å². The van der Waals surface area contributed by atoms with E-state index < -0.39 is 4.92 Å². The molecule has 0 spiro atoms. The highest BCUT2D eigenvalue weighted by Crippen LogP contribution is 2.37. The molecule has 3 aromatic carbocycles. The number of nitrogens with zero attached hydrogens (tertiary/aromatic N) is 2. The van der Waals surface area contributed by atoms with E-state index in [1.165, 1.54) is 48.2 Å². The molecule has 0 radical (unpaired) electrons. The van der Waals surface area contributed by atoms with Gasteiger partial charge in [-0.15, -0.1) is 0 Å². The summed E-state index contributed by atoms with van der Waals surface area (Å²) in [5.74, 6) is 0.298. The van der Waals surface area contributed by atoms with Gasteiger partial charge in [0.05, 0.1) is 22.1 Å². The number of rotatable bonds is 8. The third kappa shape index (κ3) is 6.29. The monoisotopic (exact) mass is 571 g/mol. The van der Waals surface area contributed by atoms with Gasteiger partial charge in [-0.2, -0.15) is 0 Å². The van der Waals surface area contributed by atoms with Crippen LogP contribution in [0.25, 0.3) is 6.08 Å². The van der Waals surface area contributed by atoms with Crippen molar-refractivity contribution in [2.24, 2.45) is 4.99 Å². The zero-order valence-electron chi connectivity index (χ0n) is 18.9. The van der Waals surface area contributed by atoms with Crippen molar-refractivity contribution in [3.8, 4) is 11.5 Å². The van der Waals surface area contributed by atoms with Gasteiger partial charge in [-0.1, -0.05) is 15.9 Å². The predicted molar refractivity (Wildman–Crippen MR) is 140 cm³/mol. The zero-order chi connectivity index (χ0) is 25.7. The van der Waals surface area contributed by atoms with Crippen LogP contribution in [0.4, 0.5) is 15.8 Å². The van der Waals surface area contributed by atoms with Gasteiger partial charge < -0.3 is 14.8 Å². The molecule has 1 aliphatic rings. The molecular weight excluding hydrogens is 553 g/mol. The summed E-state index contributed by atoms with van der Waals surface area (Å²) in [6.07, 6.45) is 1.71. The molecule has 4 rings (SSSR count). The minimum atomic E-state index is -0.456. The minimum absolute atomic E-state index is 0.00794. The number of hydrogen-bond donors (Lipinski definition) is 1. The van der Waals surface area contributed by atoms with Gasteiger partial charge in [0, 0.05) is 16.6 Å². The Bertz CT molecular complexity index is 1360. The number of nitro benzene ring substituents is 1. The summed E-state index contributed by atoms with van der Waals surface area (Å²) >= 11 is 4.70. The van der Waals surface area contributed by atoms with Gasteiger partial charge >= 0.3 is 0 Å². The number of carbonyl (C=O) groups is 1. The highest BCUT2D eigenvalue weighted by atomic mass is 79.9. The van der Waals surface area contributed by atoms with Crippen LogP contribution >= 0.6 is 27.7 Å². The number of benzene rings is 3. The number of ether oxygens (including phenoxy) is 2. The molecule has 1 aliphatic heterocycles. The topological polar surface area (TPSA) is 103 Å². The second-order valence-electron chi connectivity index (χ2n) is 7.42. The lowest BCUT2D eigenvalue weighted by Crippen LogP contribution is -2.19. The summed E-state index contributed by atoms with van der Waals surface area (Å²) in [6.45, 7) is 2.43. The Morgan fingerprint density at radius 1 is 1.11 bits per heavy atom. The number of aliphatic imine (C=N–C) groups is 1. The molecule has 0 unspecified atom stereocenters. The van der Waals surface area contributed by atoms with E-state index in [1.807, 2.05) is 6.92 Å². The van der Waals surface area contributed by atoms with E-state index in [2.05, 4.69) is 26.2 Å². The summed E-state index contributed by atoms with van der Waals surface area (Å²) < 4.78 is 25.5. The van der Waals surface area contributed by atoms with E-state index in [9.17, 15) is 19.3 Å². The molecule has 1 heterocycles. The van der Waals surface area contributed by atoms with Gasteiger partial charge in [0.15, 0.2) is 16.7 Å². The van der Waals surface area contributed by atoms with Crippen molar-refractivity contribution in [3.05, 3.63) is 97.1 Å². The Labute approximate surface area is 218 Å². The first-order valence-electron chi connectivity index (χ1n) is 10.7. The van der Waals surface area contributed by atoms with Crippen LogP contribution in [-0.2, 0) is 11.4 Å². The predicted octanol–water partition coefficient (Wildman–Crippen LogP) is 6.37. The van der Waals surface area contributed by atoms with Crippen molar-refractivity contribution < 1.29 is 23.6 Å². The number of nitro groups is 1. The number of amides is 1. The molecule has 184 valence electrons. The third-order valence-corrected chi connectivity index (χ3v) is 6.50. The highest BCUT2D eigenvalue weighted by Gasteiger charge is 2.24. The Hall–Kier alpha value is -3.70. The number of hydrogen-bond acceptors (Lipinski definition) is 7. The van der Waals surface area contributed by atoms with Crippen molar-refractivity contribution in [1.82, 2.24) is 5.32 Å². The fourth-order valence-corrected chi connectivity index (χ4v) is 4.44. The zero-order valence-corrected chi connectivity index (χ0v) is 21.3. The molecule has 0 aromatic heterocycles. The van der Waals surface area contributed by atoms with Gasteiger partial charge in [-0.3, -0.25) is 14.9 Å². The van der Waals surface area contributed by atoms with E-state index in [0.29, 0.717) is 43.9 Å². The average molecular weight is 572 g/mol. The first-order valence-corrected chi connectivity index (χ1v) is 12.3. The lowest BCUT2D eigenvalue weighted by molar-refractivity contribution is -0.384. The smallest absolute Gasteiger partial charge is 0.269 e. The first kappa shape index (κ1) is 25.4. The summed E-state index contributed by atoms with van der Waals surface area (Å²) in [5, 5.41) is 13.9. The van der Waals surface area contributed by atoms with Crippen LogP contribution in [0.3, 0.4) is 0 Å². The van der Waals surface area contributed by atoms with Gasteiger partial charge in [0.1, 0.15) is 12.4 Å². The molecule has 11 heteroatoms. The molecule has 8 nitrogen and oxygen atoms in total. The molecule has 1 N–H and O–H groups in total. The maximum Gasteiger partial charge on any atom is 0.269 e. The fourth-order valence-electron chi connectivity index (χ4n) is 3.17. The van der Waals surface area contributed by atoms with Crippen LogP contribution in [0.5, 0.6) is 11.5 Å². The number of thioether (sulfide) groups is 1. The van der Waals surface area contributed by atoms with Crippen LogP contribution in [0.15, 0.2) is 75.0 Å². The number of carbonyl (C=O) groups excluding carboxylic acids is 1. The SMILES string of the molecule is CCOc1cc(/C=C2/SC(=Nc3ccc(F)cc3)NC2=O)c(Br)cc1OCc1ccc([N+](=O)[O-])cc1. The number of halogens is 2. The van der Waals surface area contributed by atoms with E-state index >= 15 is 0 Å². The molecule has 0 atom stereocenters. The molecule has 1 saturated heterocycles. The van der Waals surface area contributed by atoms with Gasteiger partial charge in [-0.25, -0.2) is 9.38 Å². The van der Waals surface area contributed by atoms with E-state index in [4.69, 9.17) is 9.47 Å². The third-order valence-electron chi connectivity index (χ3n) is 4.90. The molecule has 0 bridgehead atoms. The molecule has 1 fully saturated rings. The Morgan fingerprint density at radius 2 is 1.81 bits per heavy atom. The summed E-state index contributed by atoms with van der Waals surface area (Å²) in [5.41, 5.74) is 1.99. The molecular formula is C25H19BrFN3O5S. The van der Waals surface area contributed by atoms with Crippen molar-refractivity contribution in [3.63, 3.8) is 0 Å². The lowest BCUT2D eigenvalue weighted by atomic mass is 10.1. The molecule has 1 amide bonds. The van der Waals surface area contributed by atoms with Crippen LogP contribution in [0.1, 0.15) is 18.1 Å². The normalized spacial score (nSPS) is 15.2. The summed E-state index contributed by atoms with van der Waals surface area (Å²) in [4.78, 5) is 27.6. The second-order valence-corrected chi connectivity index (χ2v) is 9.31.